The highest BCUT2D eigenvalue weighted by molar-refractivity contribution is 6.02. The molecule has 6 rings (SSSR count). The lowest BCUT2D eigenvalue weighted by Gasteiger charge is -2.38. The number of ether oxygens (including phenoxy) is 2. The van der Waals surface area contributed by atoms with Crippen LogP contribution < -0.4 is 9.47 Å². The maximum atomic E-state index is 6.48. The SMILES string of the molecule is Cc1ccc(C2=NN3[C@@H](C2)c2ccccc2O[C@H]3c2ccc(OCc3ccccc3)cc2)cc1. The van der Waals surface area contributed by atoms with Crippen molar-refractivity contribution in [2.24, 2.45) is 5.10 Å². The topological polar surface area (TPSA) is 34.1 Å². The van der Waals surface area contributed by atoms with Crippen LogP contribution in [-0.2, 0) is 6.61 Å². The van der Waals surface area contributed by atoms with Crippen LogP contribution in [0.3, 0.4) is 0 Å². The van der Waals surface area contributed by atoms with Crippen molar-refractivity contribution < 1.29 is 9.47 Å². The van der Waals surface area contributed by atoms with Crippen molar-refractivity contribution in [1.29, 1.82) is 0 Å². The third kappa shape index (κ3) is 3.92. The van der Waals surface area contributed by atoms with Gasteiger partial charge in [0.15, 0.2) is 0 Å². The van der Waals surface area contributed by atoms with Gasteiger partial charge < -0.3 is 9.47 Å². The number of para-hydroxylation sites is 1. The van der Waals surface area contributed by atoms with E-state index in [1.54, 1.807) is 0 Å². The molecular weight excluding hydrogens is 420 g/mol. The first kappa shape index (κ1) is 20.5. The number of fused-ring (bicyclic) bond motifs is 3. The Morgan fingerprint density at radius 2 is 1.59 bits per heavy atom. The largest absolute Gasteiger partial charge is 0.489 e. The van der Waals surface area contributed by atoms with E-state index >= 15 is 0 Å². The summed E-state index contributed by atoms with van der Waals surface area (Å²) in [4.78, 5) is 0. The van der Waals surface area contributed by atoms with Crippen LogP contribution in [0.1, 0.15) is 46.5 Å². The van der Waals surface area contributed by atoms with Gasteiger partial charge in [-0.3, -0.25) is 0 Å². The lowest BCUT2D eigenvalue weighted by molar-refractivity contribution is -0.0190. The number of hydrogen-bond acceptors (Lipinski definition) is 4. The maximum Gasteiger partial charge on any atom is 0.213 e. The van der Waals surface area contributed by atoms with Crippen molar-refractivity contribution in [2.45, 2.75) is 32.2 Å². The van der Waals surface area contributed by atoms with Gasteiger partial charge in [0.05, 0.1) is 11.8 Å². The Labute approximate surface area is 200 Å². The first-order valence-electron chi connectivity index (χ1n) is 11.7. The molecule has 2 aliphatic rings. The number of nitrogens with zero attached hydrogens (tertiary/aromatic N) is 2. The van der Waals surface area contributed by atoms with E-state index in [-0.39, 0.29) is 12.3 Å². The Morgan fingerprint density at radius 3 is 2.38 bits per heavy atom. The first-order valence-corrected chi connectivity index (χ1v) is 11.7. The normalized spacial score (nSPS) is 18.5. The molecule has 0 saturated carbocycles. The average Bonchev–Trinajstić information content (AvgIpc) is 3.34. The molecular formula is C30H26N2O2. The van der Waals surface area contributed by atoms with Crippen molar-refractivity contribution in [3.8, 4) is 11.5 Å². The van der Waals surface area contributed by atoms with E-state index in [0.29, 0.717) is 6.61 Å². The summed E-state index contributed by atoms with van der Waals surface area (Å²) >= 11 is 0. The molecule has 4 heteroatoms. The highest BCUT2D eigenvalue weighted by Crippen LogP contribution is 2.47. The lowest BCUT2D eigenvalue weighted by atomic mass is 9.95. The van der Waals surface area contributed by atoms with Crippen molar-refractivity contribution in [3.05, 3.63) is 131 Å². The minimum Gasteiger partial charge on any atom is -0.489 e. The smallest absolute Gasteiger partial charge is 0.213 e. The summed E-state index contributed by atoms with van der Waals surface area (Å²) in [6, 6.07) is 35.5. The van der Waals surface area contributed by atoms with Crippen LogP contribution in [0.2, 0.25) is 0 Å². The quantitative estimate of drug-likeness (QED) is 0.337. The molecule has 0 aromatic heterocycles. The zero-order valence-electron chi connectivity index (χ0n) is 19.1. The van der Waals surface area contributed by atoms with E-state index < -0.39 is 0 Å². The van der Waals surface area contributed by atoms with Gasteiger partial charge in [-0.05, 0) is 48.4 Å². The maximum absolute atomic E-state index is 6.48. The molecule has 0 bridgehead atoms. The Kier molecular flexibility index (Phi) is 5.27. The molecule has 0 spiro atoms. The van der Waals surface area contributed by atoms with E-state index in [1.165, 1.54) is 16.7 Å². The molecule has 0 aliphatic carbocycles. The molecule has 2 heterocycles. The molecule has 0 saturated heterocycles. The number of aryl methyl sites for hydroxylation is 1. The molecule has 0 fully saturated rings. The monoisotopic (exact) mass is 446 g/mol. The minimum absolute atomic E-state index is 0.153. The highest BCUT2D eigenvalue weighted by atomic mass is 16.5. The number of hydrogen-bond donors (Lipinski definition) is 0. The lowest BCUT2D eigenvalue weighted by Crippen LogP contribution is -2.33. The molecule has 4 aromatic rings. The summed E-state index contributed by atoms with van der Waals surface area (Å²) in [5.74, 6) is 1.77. The second-order valence-corrected chi connectivity index (χ2v) is 8.86. The van der Waals surface area contributed by atoms with Gasteiger partial charge in [0.1, 0.15) is 18.1 Å². The molecule has 2 aliphatic heterocycles. The predicted octanol–water partition coefficient (Wildman–Crippen LogP) is 6.82. The van der Waals surface area contributed by atoms with E-state index in [9.17, 15) is 0 Å². The summed E-state index contributed by atoms with van der Waals surface area (Å²) < 4.78 is 12.5. The van der Waals surface area contributed by atoms with Crippen LogP contribution in [0.5, 0.6) is 11.5 Å². The van der Waals surface area contributed by atoms with E-state index in [4.69, 9.17) is 14.6 Å². The van der Waals surface area contributed by atoms with Gasteiger partial charge in [-0.1, -0.05) is 78.4 Å². The fourth-order valence-electron chi connectivity index (χ4n) is 4.64. The predicted molar refractivity (Wildman–Crippen MR) is 134 cm³/mol. The molecule has 168 valence electrons. The van der Waals surface area contributed by atoms with Crippen LogP contribution in [-0.4, -0.2) is 10.7 Å². The van der Waals surface area contributed by atoms with Crippen LogP contribution in [0.15, 0.2) is 108 Å². The van der Waals surface area contributed by atoms with Gasteiger partial charge in [0, 0.05) is 17.5 Å². The van der Waals surface area contributed by atoms with Crippen LogP contribution in [0.4, 0.5) is 0 Å². The van der Waals surface area contributed by atoms with Gasteiger partial charge in [-0.2, -0.15) is 5.10 Å². The molecule has 2 atom stereocenters. The second kappa shape index (κ2) is 8.71. The summed E-state index contributed by atoms with van der Waals surface area (Å²) in [5.41, 5.74) is 6.91. The summed E-state index contributed by atoms with van der Waals surface area (Å²) in [5, 5.41) is 7.18. The summed E-state index contributed by atoms with van der Waals surface area (Å²) in [6.45, 7) is 2.66. The van der Waals surface area contributed by atoms with Gasteiger partial charge in [0.2, 0.25) is 6.23 Å². The molecule has 4 aromatic carbocycles. The van der Waals surface area contributed by atoms with Crippen molar-refractivity contribution in [1.82, 2.24) is 5.01 Å². The van der Waals surface area contributed by atoms with Crippen molar-refractivity contribution in [3.63, 3.8) is 0 Å². The van der Waals surface area contributed by atoms with E-state index in [1.807, 2.05) is 36.4 Å². The minimum atomic E-state index is -0.286. The molecule has 0 amide bonds. The molecule has 0 N–H and O–H groups in total. The van der Waals surface area contributed by atoms with Gasteiger partial charge in [0.25, 0.3) is 0 Å². The highest BCUT2D eigenvalue weighted by Gasteiger charge is 2.40. The van der Waals surface area contributed by atoms with Crippen LogP contribution >= 0.6 is 0 Å². The van der Waals surface area contributed by atoms with E-state index in [0.717, 1.165) is 34.8 Å². The van der Waals surface area contributed by atoms with Crippen LogP contribution in [0.25, 0.3) is 0 Å². The zero-order chi connectivity index (χ0) is 22.9. The molecule has 0 unspecified atom stereocenters. The molecule has 4 nitrogen and oxygen atoms in total. The fraction of sp³-hybridized carbons (Fsp3) is 0.167. The Morgan fingerprint density at radius 1 is 0.853 bits per heavy atom. The average molecular weight is 447 g/mol. The Hall–Kier alpha value is -4.05. The number of rotatable bonds is 5. The first-order chi connectivity index (χ1) is 16.7. The van der Waals surface area contributed by atoms with E-state index in [2.05, 4.69) is 78.7 Å². The standard InChI is InChI=1S/C30H26N2O2/c1-21-11-13-23(14-12-21)27-19-28-26-9-5-6-10-29(26)34-30(32(28)31-27)24-15-17-25(18-16-24)33-20-22-7-3-2-4-8-22/h2-18,28,30H,19-20H2,1H3/t28-,30-/m0/s1. The number of hydrazone groups is 1. The van der Waals surface area contributed by atoms with Gasteiger partial charge in [-0.15, -0.1) is 0 Å². The Balaban J connectivity index is 1.28. The Bertz CT molecular complexity index is 1310. The fourth-order valence-corrected chi connectivity index (χ4v) is 4.64. The van der Waals surface area contributed by atoms with Gasteiger partial charge >= 0.3 is 0 Å². The second-order valence-electron chi connectivity index (χ2n) is 8.86. The third-order valence-corrected chi connectivity index (χ3v) is 6.50. The third-order valence-electron chi connectivity index (χ3n) is 6.50. The van der Waals surface area contributed by atoms with Crippen molar-refractivity contribution in [2.75, 3.05) is 0 Å². The molecule has 0 radical (unpaired) electrons. The van der Waals surface area contributed by atoms with Gasteiger partial charge in [-0.25, -0.2) is 5.01 Å². The molecule has 34 heavy (non-hydrogen) atoms. The zero-order valence-corrected chi connectivity index (χ0v) is 19.1. The summed E-state index contributed by atoms with van der Waals surface area (Å²) in [7, 11) is 0. The number of benzene rings is 4. The van der Waals surface area contributed by atoms with Crippen LogP contribution in [0, 0.1) is 6.92 Å². The van der Waals surface area contributed by atoms with Crippen molar-refractivity contribution >= 4 is 5.71 Å². The summed E-state index contributed by atoms with van der Waals surface area (Å²) in [6.07, 6.45) is 0.573.